The van der Waals surface area contributed by atoms with E-state index in [0.29, 0.717) is 5.92 Å². The summed E-state index contributed by atoms with van der Waals surface area (Å²) in [5.41, 5.74) is 1.15. The molecule has 3 N–H and O–H groups in total. The van der Waals surface area contributed by atoms with Crippen molar-refractivity contribution in [2.24, 2.45) is 22.1 Å². The fraction of sp³-hybridized carbons (Fsp3) is 0.714. The second-order valence-electron chi connectivity index (χ2n) is 2.65. The molecule has 0 aromatic heterocycles. The van der Waals surface area contributed by atoms with E-state index in [9.17, 15) is 0 Å². The summed E-state index contributed by atoms with van der Waals surface area (Å²) in [7, 11) is 1.80. The minimum absolute atomic E-state index is 0.461. The molecule has 0 aliphatic rings. The van der Waals surface area contributed by atoms with E-state index < -0.39 is 0 Å². The zero-order valence-electron chi connectivity index (χ0n) is 7.55. The predicted molar refractivity (Wildman–Crippen MR) is 45.6 cm³/mol. The molecule has 0 aromatic carbocycles. The molecule has 0 atom stereocenters. The summed E-state index contributed by atoms with van der Waals surface area (Å²) < 4.78 is 0. The fourth-order valence-corrected chi connectivity index (χ4v) is 0.657. The highest BCUT2D eigenvalue weighted by atomic mass is 15.3. The molecule has 0 saturated carbocycles. The molecule has 0 aliphatic heterocycles. The van der Waals surface area contributed by atoms with E-state index in [-0.39, 0.29) is 0 Å². The summed E-state index contributed by atoms with van der Waals surface area (Å²) >= 11 is 0. The van der Waals surface area contributed by atoms with Gasteiger partial charge in [-0.15, -0.1) is 5.11 Å². The standard InChI is InChI=1S/C7H16N4/c1-5(2)6(3)7(9-4)10-11-8/h5,9H,1-4H3,(H2,8,10)/b7-6+. The topological polar surface area (TPSA) is 62.8 Å². The average molecular weight is 156 g/mol. The Bertz CT molecular complexity index is 169. The Morgan fingerprint density at radius 2 is 2.00 bits per heavy atom. The molecule has 0 amide bonds. The first-order valence-corrected chi connectivity index (χ1v) is 3.63. The van der Waals surface area contributed by atoms with Gasteiger partial charge in [0.2, 0.25) is 0 Å². The van der Waals surface area contributed by atoms with E-state index in [1.807, 2.05) is 6.92 Å². The van der Waals surface area contributed by atoms with Crippen LogP contribution in [0.4, 0.5) is 0 Å². The maximum Gasteiger partial charge on any atom is 0.149 e. The van der Waals surface area contributed by atoms with E-state index in [1.165, 1.54) is 0 Å². The Morgan fingerprint density at radius 1 is 1.45 bits per heavy atom. The maximum atomic E-state index is 4.93. The molecule has 0 aromatic rings. The van der Waals surface area contributed by atoms with Crippen molar-refractivity contribution < 1.29 is 0 Å². The van der Waals surface area contributed by atoms with Crippen LogP contribution in [0.1, 0.15) is 20.8 Å². The van der Waals surface area contributed by atoms with Crippen LogP contribution in [-0.4, -0.2) is 7.05 Å². The van der Waals surface area contributed by atoms with E-state index in [1.54, 1.807) is 7.05 Å². The molecule has 0 bridgehead atoms. The molecule has 0 aliphatic carbocycles. The van der Waals surface area contributed by atoms with E-state index in [2.05, 4.69) is 29.5 Å². The number of allylic oxidation sites excluding steroid dienone is 1. The molecule has 0 heterocycles. The SMILES string of the molecule is CN/C(N=NN)=C(/C)C(C)C. The van der Waals surface area contributed by atoms with Crippen molar-refractivity contribution in [3.05, 3.63) is 11.4 Å². The largest absolute Gasteiger partial charge is 0.372 e. The summed E-state index contributed by atoms with van der Waals surface area (Å²) in [6.07, 6.45) is 0. The average Bonchev–Trinajstić information content (AvgIpc) is 1.98. The van der Waals surface area contributed by atoms with Crippen molar-refractivity contribution in [1.82, 2.24) is 5.32 Å². The third-order valence-corrected chi connectivity index (χ3v) is 1.63. The molecule has 4 heteroatoms. The smallest absolute Gasteiger partial charge is 0.149 e. The number of nitrogens with one attached hydrogen (secondary N) is 1. The lowest BCUT2D eigenvalue weighted by Gasteiger charge is -2.08. The minimum Gasteiger partial charge on any atom is -0.372 e. The highest BCUT2D eigenvalue weighted by molar-refractivity contribution is 5.09. The van der Waals surface area contributed by atoms with Crippen molar-refractivity contribution in [2.75, 3.05) is 7.05 Å². The Balaban J connectivity index is 4.53. The maximum absolute atomic E-state index is 4.93. The lowest BCUT2D eigenvalue weighted by atomic mass is 10.1. The molecule has 11 heavy (non-hydrogen) atoms. The normalized spacial score (nSPS) is 13.9. The van der Waals surface area contributed by atoms with Gasteiger partial charge in [-0.25, -0.2) is 0 Å². The monoisotopic (exact) mass is 156 g/mol. The molecular weight excluding hydrogens is 140 g/mol. The molecule has 4 nitrogen and oxygen atoms in total. The van der Waals surface area contributed by atoms with Gasteiger partial charge in [0.05, 0.1) is 0 Å². The quantitative estimate of drug-likeness (QED) is 0.369. The second-order valence-corrected chi connectivity index (χ2v) is 2.65. The van der Waals surface area contributed by atoms with Gasteiger partial charge in [-0.05, 0) is 18.4 Å². The van der Waals surface area contributed by atoms with Crippen LogP contribution in [0, 0.1) is 5.92 Å². The molecular formula is C7H16N4. The summed E-state index contributed by atoms with van der Waals surface area (Å²) in [4.78, 5) is 0. The first-order valence-electron chi connectivity index (χ1n) is 3.63. The Morgan fingerprint density at radius 3 is 2.27 bits per heavy atom. The highest BCUT2D eigenvalue weighted by Crippen LogP contribution is 2.12. The van der Waals surface area contributed by atoms with Crippen LogP contribution in [-0.2, 0) is 0 Å². The number of nitrogens with two attached hydrogens (primary N) is 1. The molecule has 0 unspecified atom stereocenters. The number of hydrogen-bond acceptors (Lipinski definition) is 3. The van der Waals surface area contributed by atoms with Crippen LogP contribution in [0.5, 0.6) is 0 Å². The van der Waals surface area contributed by atoms with E-state index in [0.717, 1.165) is 11.4 Å². The van der Waals surface area contributed by atoms with Crippen LogP contribution in [0.15, 0.2) is 21.7 Å². The van der Waals surface area contributed by atoms with E-state index in [4.69, 9.17) is 5.84 Å². The van der Waals surface area contributed by atoms with Crippen molar-refractivity contribution in [2.45, 2.75) is 20.8 Å². The molecule has 0 fully saturated rings. The van der Waals surface area contributed by atoms with Gasteiger partial charge in [0.25, 0.3) is 0 Å². The van der Waals surface area contributed by atoms with Crippen molar-refractivity contribution in [3.63, 3.8) is 0 Å². The molecule has 0 rings (SSSR count). The first-order chi connectivity index (χ1) is 5.13. The van der Waals surface area contributed by atoms with Gasteiger partial charge in [-0.3, -0.25) is 0 Å². The Hall–Kier alpha value is -1.06. The molecule has 0 spiro atoms. The van der Waals surface area contributed by atoms with Gasteiger partial charge in [-0.2, -0.15) is 0 Å². The van der Waals surface area contributed by atoms with E-state index >= 15 is 0 Å². The summed E-state index contributed by atoms with van der Waals surface area (Å²) in [6.45, 7) is 6.20. The summed E-state index contributed by atoms with van der Waals surface area (Å²) in [5, 5.41) is 9.87. The molecule has 0 radical (unpaired) electrons. The third-order valence-electron chi connectivity index (χ3n) is 1.63. The van der Waals surface area contributed by atoms with Crippen LogP contribution in [0.25, 0.3) is 0 Å². The van der Waals surface area contributed by atoms with Gasteiger partial charge in [0.15, 0.2) is 0 Å². The van der Waals surface area contributed by atoms with Crippen LogP contribution in [0.3, 0.4) is 0 Å². The van der Waals surface area contributed by atoms with Crippen LogP contribution in [0.2, 0.25) is 0 Å². The Kier molecular flexibility index (Phi) is 4.26. The second kappa shape index (κ2) is 4.71. The number of hydrogen-bond donors (Lipinski definition) is 2. The van der Waals surface area contributed by atoms with Crippen molar-refractivity contribution in [1.29, 1.82) is 0 Å². The van der Waals surface area contributed by atoms with Gasteiger partial charge in [0, 0.05) is 7.05 Å². The van der Waals surface area contributed by atoms with Gasteiger partial charge in [-0.1, -0.05) is 19.1 Å². The van der Waals surface area contributed by atoms with Gasteiger partial charge < -0.3 is 11.2 Å². The van der Waals surface area contributed by atoms with Crippen molar-refractivity contribution in [3.8, 4) is 0 Å². The zero-order chi connectivity index (χ0) is 8.85. The lowest BCUT2D eigenvalue weighted by molar-refractivity contribution is 0.722. The predicted octanol–water partition coefficient (Wildman–Crippen LogP) is 1.42. The van der Waals surface area contributed by atoms with Crippen LogP contribution < -0.4 is 11.2 Å². The highest BCUT2D eigenvalue weighted by Gasteiger charge is 2.02. The Labute approximate surface area is 67.5 Å². The molecule has 0 saturated heterocycles. The lowest BCUT2D eigenvalue weighted by Crippen LogP contribution is -2.08. The first kappa shape index (κ1) is 9.94. The number of nitrogens with zero attached hydrogens (tertiary/aromatic N) is 2. The summed E-state index contributed by atoms with van der Waals surface area (Å²) in [6, 6.07) is 0. The fourth-order valence-electron chi connectivity index (χ4n) is 0.657. The van der Waals surface area contributed by atoms with Gasteiger partial charge in [0.1, 0.15) is 5.82 Å². The van der Waals surface area contributed by atoms with Crippen LogP contribution >= 0.6 is 0 Å². The third kappa shape index (κ3) is 3.02. The minimum atomic E-state index is 0.461. The zero-order valence-corrected chi connectivity index (χ0v) is 7.55. The van der Waals surface area contributed by atoms with Gasteiger partial charge >= 0.3 is 0 Å². The van der Waals surface area contributed by atoms with Crippen molar-refractivity contribution >= 4 is 0 Å². The molecule has 64 valence electrons. The number of rotatable bonds is 3. The summed E-state index contributed by atoms with van der Waals surface area (Å²) in [5.74, 6) is 6.14.